The van der Waals surface area contributed by atoms with Gasteiger partial charge in [-0.15, -0.1) is 11.3 Å². The highest BCUT2D eigenvalue weighted by Crippen LogP contribution is 2.31. The van der Waals surface area contributed by atoms with Crippen molar-refractivity contribution in [2.24, 2.45) is 0 Å². The highest BCUT2D eigenvalue weighted by molar-refractivity contribution is 7.14. The molecular formula is C18H10ClN3O4S. The van der Waals surface area contributed by atoms with Gasteiger partial charge in [-0.25, -0.2) is 4.98 Å². The van der Waals surface area contributed by atoms with Crippen molar-refractivity contribution in [2.75, 3.05) is 5.32 Å². The molecule has 7 nitrogen and oxygen atoms in total. The van der Waals surface area contributed by atoms with Gasteiger partial charge in [-0.3, -0.25) is 20.2 Å². The molecule has 0 saturated heterocycles. The van der Waals surface area contributed by atoms with E-state index in [-0.39, 0.29) is 16.3 Å². The second-order valence-electron chi connectivity index (χ2n) is 5.56. The Balaban J connectivity index is 1.59. The Kier molecular flexibility index (Phi) is 4.35. The van der Waals surface area contributed by atoms with Crippen LogP contribution >= 0.6 is 22.9 Å². The Morgan fingerprint density at radius 3 is 2.81 bits per heavy atom. The second kappa shape index (κ2) is 6.82. The van der Waals surface area contributed by atoms with Crippen LogP contribution < -0.4 is 5.32 Å². The number of nitro benzene ring substituents is 1. The molecule has 134 valence electrons. The summed E-state index contributed by atoms with van der Waals surface area (Å²) in [4.78, 5) is 27.2. The Bertz CT molecular complexity index is 1150. The predicted molar refractivity (Wildman–Crippen MR) is 103 cm³/mol. The molecule has 0 spiro atoms. The summed E-state index contributed by atoms with van der Waals surface area (Å²) in [6.07, 6.45) is 0. The van der Waals surface area contributed by atoms with E-state index in [9.17, 15) is 14.9 Å². The second-order valence-corrected chi connectivity index (χ2v) is 6.85. The van der Waals surface area contributed by atoms with Crippen molar-refractivity contribution >= 4 is 50.6 Å². The first-order valence-electron chi connectivity index (χ1n) is 7.71. The number of para-hydroxylation sites is 1. The summed E-state index contributed by atoms with van der Waals surface area (Å²) in [6, 6.07) is 13.3. The third-order valence-electron chi connectivity index (χ3n) is 3.80. The quantitative estimate of drug-likeness (QED) is 0.367. The highest BCUT2D eigenvalue weighted by Gasteiger charge is 2.21. The molecule has 0 fully saturated rings. The molecule has 1 amide bonds. The van der Waals surface area contributed by atoms with Gasteiger partial charge in [0.2, 0.25) is 0 Å². The van der Waals surface area contributed by atoms with E-state index in [0.29, 0.717) is 16.6 Å². The zero-order valence-electron chi connectivity index (χ0n) is 13.5. The van der Waals surface area contributed by atoms with Gasteiger partial charge in [-0.1, -0.05) is 29.8 Å². The van der Waals surface area contributed by atoms with Crippen molar-refractivity contribution < 1.29 is 14.1 Å². The van der Waals surface area contributed by atoms with Crippen LogP contribution in [0.15, 0.2) is 58.3 Å². The zero-order valence-corrected chi connectivity index (χ0v) is 15.1. The van der Waals surface area contributed by atoms with Crippen LogP contribution in [-0.4, -0.2) is 15.8 Å². The van der Waals surface area contributed by atoms with E-state index in [0.717, 1.165) is 17.0 Å². The summed E-state index contributed by atoms with van der Waals surface area (Å²) < 4.78 is 5.75. The molecule has 4 rings (SSSR count). The van der Waals surface area contributed by atoms with Gasteiger partial charge in [0.05, 0.1) is 4.92 Å². The molecule has 0 radical (unpaired) electrons. The molecule has 2 heterocycles. The third kappa shape index (κ3) is 3.40. The van der Waals surface area contributed by atoms with Crippen molar-refractivity contribution in [3.63, 3.8) is 0 Å². The van der Waals surface area contributed by atoms with Crippen LogP contribution in [0.25, 0.3) is 22.4 Å². The van der Waals surface area contributed by atoms with E-state index in [1.165, 1.54) is 23.5 Å². The number of thiazole rings is 1. The van der Waals surface area contributed by atoms with Crippen molar-refractivity contribution in [3.8, 4) is 11.5 Å². The molecule has 0 aliphatic rings. The Labute approximate surface area is 161 Å². The molecule has 9 heteroatoms. The van der Waals surface area contributed by atoms with Gasteiger partial charge < -0.3 is 4.42 Å². The first-order chi connectivity index (χ1) is 13.0. The number of hydrogen-bond acceptors (Lipinski definition) is 6. The standard InChI is InChI=1S/C18H10ClN3O4S/c19-11-5-6-12(14(8-11)22(24)25)17(23)21-18-20-13(9-27-18)16-7-10-3-1-2-4-15(10)26-16/h1-9H,(H,20,21,23). The number of nitrogens with zero attached hydrogens (tertiary/aromatic N) is 2. The third-order valence-corrected chi connectivity index (χ3v) is 4.80. The molecule has 4 aromatic rings. The Morgan fingerprint density at radius 2 is 2.04 bits per heavy atom. The van der Waals surface area contributed by atoms with E-state index in [2.05, 4.69) is 10.3 Å². The van der Waals surface area contributed by atoms with Crippen LogP contribution in [0.4, 0.5) is 10.8 Å². The summed E-state index contributed by atoms with van der Waals surface area (Å²) in [5.41, 5.74) is 0.846. The summed E-state index contributed by atoms with van der Waals surface area (Å²) in [5, 5.41) is 16.9. The number of rotatable bonds is 4. The van der Waals surface area contributed by atoms with E-state index in [4.69, 9.17) is 16.0 Å². The number of fused-ring (bicyclic) bond motifs is 1. The van der Waals surface area contributed by atoms with E-state index in [1.807, 2.05) is 30.3 Å². The predicted octanol–water partition coefficient (Wildman–Crippen LogP) is 5.37. The topological polar surface area (TPSA) is 98.3 Å². The van der Waals surface area contributed by atoms with E-state index >= 15 is 0 Å². The van der Waals surface area contributed by atoms with Crippen LogP contribution in [0.2, 0.25) is 5.02 Å². The largest absolute Gasteiger partial charge is 0.454 e. The average Bonchev–Trinajstić information content (AvgIpc) is 3.27. The number of carbonyl (C=O) groups is 1. The summed E-state index contributed by atoms with van der Waals surface area (Å²) >= 11 is 6.97. The SMILES string of the molecule is O=C(Nc1nc(-c2cc3ccccc3o2)cs1)c1ccc(Cl)cc1[N+](=O)[O-]. The summed E-state index contributed by atoms with van der Waals surface area (Å²) in [5.74, 6) is -0.0608. The molecule has 0 atom stereocenters. The van der Waals surface area contributed by atoms with Gasteiger partial charge in [0.1, 0.15) is 16.8 Å². The average molecular weight is 400 g/mol. The van der Waals surface area contributed by atoms with Crippen LogP contribution in [0.5, 0.6) is 0 Å². The number of nitrogens with one attached hydrogen (secondary N) is 1. The van der Waals surface area contributed by atoms with E-state index < -0.39 is 10.8 Å². The first kappa shape index (κ1) is 17.2. The minimum absolute atomic E-state index is 0.0927. The lowest BCUT2D eigenvalue weighted by Crippen LogP contribution is -2.13. The lowest BCUT2D eigenvalue weighted by molar-refractivity contribution is -0.385. The summed E-state index contributed by atoms with van der Waals surface area (Å²) in [7, 11) is 0. The lowest BCUT2D eigenvalue weighted by atomic mass is 10.1. The number of aromatic nitrogens is 1. The molecule has 2 aromatic carbocycles. The fourth-order valence-electron chi connectivity index (χ4n) is 2.56. The van der Waals surface area contributed by atoms with Crippen LogP contribution in [-0.2, 0) is 0 Å². The normalized spacial score (nSPS) is 10.9. The maximum atomic E-state index is 12.4. The Morgan fingerprint density at radius 1 is 1.22 bits per heavy atom. The number of amides is 1. The smallest absolute Gasteiger partial charge is 0.283 e. The van der Waals surface area contributed by atoms with Crippen molar-refractivity contribution in [1.29, 1.82) is 0 Å². The molecule has 27 heavy (non-hydrogen) atoms. The van der Waals surface area contributed by atoms with Crippen LogP contribution in [0.3, 0.4) is 0 Å². The molecular weight excluding hydrogens is 390 g/mol. The van der Waals surface area contributed by atoms with Crippen LogP contribution in [0, 0.1) is 10.1 Å². The minimum Gasteiger partial charge on any atom is -0.454 e. The van der Waals surface area contributed by atoms with E-state index in [1.54, 1.807) is 5.38 Å². The summed E-state index contributed by atoms with van der Waals surface area (Å²) in [6.45, 7) is 0. The maximum absolute atomic E-state index is 12.4. The first-order valence-corrected chi connectivity index (χ1v) is 8.97. The maximum Gasteiger partial charge on any atom is 0.283 e. The number of anilines is 1. The fraction of sp³-hybridized carbons (Fsp3) is 0. The number of hydrogen-bond donors (Lipinski definition) is 1. The number of carbonyl (C=O) groups excluding carboxylic acids is 1. The lowest BCUT2D eigenvalue weighted by Gasteiger charge is -2.03. The molecule has 0 bridgehead atoms. The van der Waals surface area contributed by atoms with Crippen molar-refractivity contribution in [2.45, 2.75) is 0 Å². The molecule has 2 aromatic heterocycles. The highest BCUT2D eigenvalue weighted by atomic mass is 35.5. The number of benzene rings is 2. The van der Waals surface area contributed by atoms with Gasteiger partial charge in [0.25, 0.3) is 11.6 Å². The van der Waals surface area contributed by atoms with Gasteiger partial charge in [-0.05, 0) is 24.3 Å². The minimum atomic E-state index is -0.650. The monoisotopic (exact) mass is 399 g/mol. The van der Waals surface area contributed by atoms with Crippen molar-refractivity contribution in [3.05, 3.63) is 74.6 Å². The molecule has 0 unspecified atom stereocenters. The van der Waals surface area contributed by atoms with Gasteiger partial charge in [0, 0.05) is 21.9 Å². The fourth-order valence-corrected chi connectivity index (χ4v) is 3.43. The molecule has 1 N–H and O–H groups in total. The number of halogens is 1. The van der Waals surface area contributed by atoms with Crippen molar-refractivity contribution in [1.82, 2.24) is 4.98 Å². The Hall–Kier alpha value is -3.23. The molecule has 0 aliphatic heterocycles. The zero-order chi connectivity index (χ0) is 19.0. The van der Waals surface area contributed by atoms with Gasteiger partial charge >= 0.3 is 0 Å². The number of nitro groups is 1. The molecule has 0 saturated carbocycles. The van der Waals surface area contributed by atoms with Gasteiger partial charge in [-0.2, -0.15) is 0 Å². The van der Waals surface area contributed by atoms with Gasteiger partial charge in [0.15, 0.2) is 10.9 Å². The van der Waals surface area contributed by atoms with Crippen LogP contribution in [0.1, 0.15) is 10.4 Å². The number of furan rings is 1. The molecule has 0 aliphatic carbocycles.